The molecule has 0 bridgehead atoms. The largest absolute Gasteiger partial charge is 0.491 e. The number of aliphatic hydroxyl groups excluding tert-OH is 1. The van der Waals surface area contributed by atoms with Crippen molar-refractivity contribution in [1.29, 1.82) is 0 Å². The molecule has 0 radical (unpaired) electrons. The molecule has 3 nitrogen and oxygen atoms in total. The topological polar surface area (TPSA) is 38.7 Å². The maximum Gasteiger partial charge on any atom is 0.200 e. The zero-order chi connectivity index (χ0) is 12.6. The Morgan fingerprint density at radius 1 is 1.19 bits per heavy atom. The van der Waals surface area contributed by atoms with Crippen LogP contribution in [0.15, 0.2) is 12.1 Å². The Morgan fingerprint density at radius 2 is 1.75 bits per heavy atom. The first-order valence-electron chi connectivity index (χ1n) is 4.72. The van der Waals surface area contributed by atoms with Crippen LogP contribution in [0.3, 0.4) is 0 Å². The van der Waals surface area contributed by atoms with Gasteiger partial charge in [-0.2, -0.15) is 4.39 Å². The normalized spacial score (nSPS) is 9.38. The first-order chi connectivity index (χ1) is 7.62. The molecular weight excluding hydrogens is 218 g/mol. The first-order valence-corrected chi connectivity index (χ1v) is 4.72. The summed E-state index contributed by atoms with van der Waals surface area (Å²) in [7, 11) is 3.25. The molecule has 0 saturated carbocycles. The minimum Gasteiger partial charge on any atom is -0.491 e. The highest BCUT2D eigenvalue weighted by Crippen LogP contribution is 2.22. The van der Waals surface area contributed by atoms with Crippen molar-refractivity contribution in [2.24, 2.45) is 0 Å². The minimum atomic E-state index is -1.05. The number of ether oxygens (including phenoxy) is 2. The lowest BCUT2D eigenvalue weighted by atomic mass is 10.2. The van der Waals surface area contributed by atoms with Gasteiger partial charge in [-0.3, -0.25) is 0 Å². The van der Waals surface area contributed by atoms with E-state index >= 15 is 0 Å². The molecule has 0 unspecified atom stereocenters. The summed E-state index contributed by atoms with van der Waals surface area (Å²) in [5.41, 5.74) is -0.0686. The van der Waals surface area contributed by atoms with Crippen LogP contribution in [-0.2, 0) is 11.3 Å². The molecule has 0 atom stereocenters. The zero-order valence-electron chi connectivity index (χ0n) is 9.59. The third-order valence-corrected chi connectivity index (χ3v) is 1.60. The van der Waals surface area contributed by atoms with Crippen LogP contribution in [-0.4, -0.2) is 25.9 Å². The maximum absolute atomic E-state index is 13.0. The summed E-state index contributed by atoms with van der Waals surface area (Å²) >= 11 is 0. The van der Waals surface area contributed by atoms with E-state index < -0.39 is 18.2 Å². The highest BCUT2D eigenvalue weighted by atomic mass is 19.2. The van der Waals surface area contributed by atoms with Crippen LogP contribution < -0.4 is 4.74 Å². The second kappa shape index (κ2) is 8.01. The Balaban J connectivity index is 0.000000673. The van der Waals surface area contributed by atoms with Crippen molar-refractivity contribution in [2.45, 2.75) is 13.5 Å². The highest BCUT2D eigenvalue weighted by Gasteiger charge is 2.12. The fourth-order valence-corrected chi connectivity index (χ4v) is 0.961. The Labute approximate surface area is 93.6 Å². The van der Waals surface area contributed by atoms with Gasteiger partial charge in [-0.05, 0) is 19.1 Å². The molecular formula is C11H16F2O3. The summed E-state index contributed by atoms with van der Waals surface area (Å²) in [6.45, 7) is 1.43. The third kappa shape index (κ3) is 4.12. The van der Waals surface area contributed by atoms with Crippen molar-refractivity contribution in [3.8, 4) is 5.75 Å². The van der Waals surface area contributed by atoms with Crippen LogP contribution in [0.2, 0.25) is 0 Å². The van der Waals surface area contributed by atoms with Crippen LogP contribution >= 0.6 is 0 Å². The molecule has 0 aliphatic carbocycles. The monoisotopic (exact) mass is 234 g/mol. The summed E-state index contributed by atoms with van der Waals surface area (Å²) in [5, 5.41) is 8.62. The van der Waals surface area contributed by atoms with Gasteiger partial charge in [0, 0.05) is 19.8 Å². The van der Waals surface area contributed by atoms with Gasteiger partial charge >= 0.3 is 0 Å². The molecule has 1 rings (SSSR count). The molecule has 0 spiro atoms. The molecule has 92 valence electrons. The maximum atomic E-state index is 13.0. The first kappa shape index (κ1) is 14.8. The molecule has 1 N–H and O–H groups in total. The SMILES string of the molecule is CCOc1ccc(CO)c(F)c1F.COC. The summed E-state index contributed by atoms with van der Waals surface area (Å²) in [6, 6.07) is 2.59. The van der Waals surface area contributed by atoms with Gasteiger partial charge in [-0.25, -0.2) is 4.39 Å². The van der Waals surface area contributed by atoms with Crippen molar-refractivity contribution in [2.75, 3.05) is 20.8 Å². The number of hydrogen-bond donors (Lipinski definition) is 1. The van der Waals surface area contributed by atoms with E-state index in [2.05, 4.69) is 4.74 Å². The number of methoxy groups -OCH3 is 1. The lowest BCUT2D eigenvalue weighted by molar-refractivity contribution is 0.269. The van der Waals surface area contributed by atoms with Crippen molar-refractivity contribution >= 4 is 0 Å². The van der Waals surface area contributed by atoms with Gasteiger partial charge in [0.25, 0.3) is 0 Å². The van der Waals surface area contributed by atoms with E-state index in [1.165, 1.54) is 12.1 Å². The van der Waals surface area contributed by atoms with Gasteiger partial charge in [-0.1, -0.05) is 0 Å². The lowest BCUT2D eigenvalue weighted by Crippen LogP contribution is -2.00. The molecule has 0 fully saturated rings. The van der Waals surface area contributed by atoms with Gasteiger partial charge in [0.2, 0.25) is 5.82 Å². The van der Waals surface area contributed by atoms with E-state index in [9.17, 15) is 8.78 Å². The average Bonchev–Trinajstić information content (AvgIpc) is 2.27. The number of hydrogen-bond acceptors (Lipinski definition) is 3. The predicted molar refractivity (Wildman–Crippen MR) is 56.4 cm³/mol. The predicted octanol–water partition coefficient (Wildman–Crippen LogP) is 2.12. The minimum absolute atomic E-state index is 0.0686. The highest BCUT2D eigenvalue weighted by molar-refractivity contribution is 5.30. The third-order valence-electron chi connectivity index (χ3n) is 1.60. The van der Waals surface area contributed by atoms with Gasteiger partial charge in [0.1, 0.15) is 0 Å². The molecule has 1 aromatic carbocycles. The molecule has 0 aliphatic rings. The summed E-state index contributed by atoms with van der Waals surface area (Å²) in [4.78, 5) is 0. The number of benzene rings is 1. The lowest BCUT2D eigenvalue weighted by Gasteiger charge is -2.06. The molecule has 0 saturated heterocycles. The fourth-order valence-electron chi connectivity index (χ4n) is 0.961. The Hall–Kier alpha value is -1.20. The van der Waals surface area contributed by atoms with Crippen molar-refractivity contribution in [1.82, 2.24) is 0 Å². The Bertz CT molecular complexity index is 316. The average molecular weight is 234 g/mol. The summed E-state index contributed by atoms with van der Waals surface area (Å²) < 4.78 is 35.1. The van der Waals surface area contributed by atoms with Gasteiger partial charge < -0.3 is 14.6 Å². The van der Waals surface area contributed by atoms with E-state index in [-0.39, 0.29) is 17.9 Å². The summed E-state index contributed by atoms with van der Waals surface area (Å²) in [5.74, 6) is -2.22. The summed E-state index contributed by atoms with van der Waals surface area (Å²) in [6.07, 6.45) is 0. The van der Waals surface area contributed by atoms with E-state index in [1.807, 2.05) is 0 Å². The van der Waals surface area contributed by atoms with Crippen molar-refractivity contribution in [3.63, 3.8) is 0 Å². The smallest absolute Gasteiger partial charge is 0.200 e. The van der Waals surface area contributed by atoms with Crippen LogP contribution in [0.25, 0.3) is 0 Å². The van der Waals surface area contributed by atoms with Gasteiger partial charge in [0.05, 0.1) is 13.2 Å². The molecule has 0 aromatic heterocycles. The second-order valence-corrected chi connectivity index (χ2v) is 2.85. The Morgan fingerprint density at radius 3 is 2.19 bits per heavy atom. The fraction of sp³-hybridized carbons (Fsp3) is 0.455. The number of rotatable bonds is 3. The quantitative estimate of drug-likeness (QED) is 0.870. The second-order valence-electron chi connectivity index (χ2n) is 2.85. The van der Waals surface area contributed by atoms with Gasteiger partial charge in [0.15, 0.2) is 11.6 Å². The van der Waals surface area contributed by atoms with E-state index in [4.69, 9.17) is 9.84 Å². The van der Waals surface area contributed by atoms with Crippen LogP contribution in [0.5, 0.6) is 5.75 Å². The van der Waals surface area contributed by atoms with Crippen LogP contribution in [0.4, 0.5) is 8.78 Å². The number of aliphatic hydroxyl groups is 1. The van der Waals surface area contributed by atoms with E-state index in [0.29, 0.717) is 0 Å². The van der Waals surface area contributed by atoms with E-state index in [0.717, 1.165) is 0 Å². The Kier molecular flexibility index (Phi) is 7.41. The number of halogens is 2. The van der Waals surface area contributed by atoms with Gasteiger partial charge in [-0.15, -0.1) is 0 Å². The molecule has 0 heterocycles. The molecule has 0 amide bonds. The molecule has 0 aliphatic heterocycles. The van der Waals surface area contributed by atoms with Crippen molar-refractivity contribution < 1.29 is 23.4 Å². The zero-order valence-corrected chi connectivity index (χ0v) is 9.59. The van der Waals surface area contributed by atoms with Crippen molar-refractivity contribution in [3.05, 3.63) is 29.3 Å². The molecule has 1 aromatic rings. The van der Waals surface area contributed by atoms with Crippen LogP contribution in [0, 0.1) is 11.6 Å². The van der Waals surface area contributed by atoms with Crippen LogP contribution in [0.1, 0.15) is 12.5 Å². The molecule has 16 heavy (non-hydrogen) atoms. The van der Waals surface area contributed by atoms with E-state index in [1.54, 1.807) is 21.1 Å². The molecule has 5 heteroatoms. The standard InChI is InChI=1S/C9H10F2O2.C2H6O/c1-2-13-7-4-3-6(5-12)8(10)9(7)11;1-3-2/h3-4,12H,2,5H2,1H3;1-2H3.